The first-order chi connectivity index (χ1) is 9.30. The topological polar surface area (TPSA) is 81.9 Å². The molecular formula is C13H18N2O5. The molecular weight excluding hydrogens is 264 g/mol. The van der Waals surface area contributed by atoms with Crippen molar-refractivity contribution < 1.29 is 23.5 Å². The Kier molecular flexibility index (Phi) is 3.69. The van der Waals surface area contributed by atoms with Crippen LogP contribution in [0.3, 0.4) is 0 Å². The number of rotatable bonds is 2. The van der Waals surface area contributed by atoms with Gasteiger partial charge in [-0.05, 0) is 27.7 Å². The molecule has 2 heterocycles. The molecule has 0 saturated heterocycles. The summed E-state index contributed by atoms with van der Waals surface area (Å²) >= 11 is 0. The number of aromatic nitrogens is 1. The molecule has 1 aromatic rings. The lowest BCUT2D eigenvalue weighted by molar-refractivity contribution is 0.0230. The van der Waals surface area contributed by atoms with Crippen LogP contribution in [0.5, 0.6) is 0 Å². The first-order valence-corrected chi connectivity index (χ1v) is 6.44. The van der Waals surface area contributed by atoms with E-state index < -0.39 is 17.7 Å². The van der Waals surface area contributed by atoms with Gasteiger partial charge in [0.2, 0.25) is 0 Å². The molecule has 0 radical (unpaired) electrons. The second-order valence-electron chi connectivity index (χ2n) is 5.45. The Morgan fingerprint density at radius 1 is 1.35 bits per heavy atom. The maximum absolute atomic E-state index is 11.9. The quantitative estimate of drug-likeness (QED) is 0.773. The number of nitrogens with zero attached hydrogens (tertiary/aromatic N) is 2. The molecule has 0 N–H and O–H groups in total. The summed E-state index contributed by atoms with van der Waals surface area (Å²) in [7, 11) is 0. The van der Waals surface area contributed by atoms with Crippen molar-refractivity contribution in [3.8, 4) is 0 Å². The lowest BCUT2D eigenvalue weighted by Gasteiger charge is -2.23. The summed E-state index contributed by atoms with van der Waals surface area (Å²) < 4.78 is 15.4. The van der Waals surface area contributed by atoms with E-state index in [-0.39, 0.29) is 25.6 Å². The largest absolute Gasteiger partial charge is 0.459 e. The zero-order valence-electron chi connectivity index (χ0n) is 12.1. The molecule has 0 unspecified atom stereocenters. The molecule has 7 nitrogen and oxygen atoms in total. The molecule has 7 heteroatoms. The molecule has 2 rings (SSSR count). The van der Waals surface area contributed by atoms with Gasteiger partial charge in [0.15, 0.2) is 0 Å². The molecule has 0 fully saturated rings. The first-order valence-electron chi connectivity index (χ1n) is 6.44. The number of carbonyl (C=O) groups is 2. The van der Waals surface area contributed by atoms with E-state index >= 15 is 0 Å². The average Bonchev–Trinajstić information content (AvgIpc) is 2.83. The highest BCUT2D eigenvalue weighted by Crippen LogP contribution is 2.25. The molecule has 1 aliphatic heterocycles. The fourth-order valence-electron chi connectivity index (χ4n) is 1.78. The third kappa shape index (κ3) is 3.09. The average molecular weight is 282 g/mol. The summed E-state index contributed by atoms with van der Waals surface area (Å²) in [5, 5.41) is 0. The van der Waals surface area contributed by atoms with Crippen LogP contribution in [0.15, 0.2) is 4.42 Å². The summed E-state index contributed by atoms with van der Waals surface area (Å²) in [6.45, 7) is 7.89. The molecule has 110 valence electrons. The van der Waals surface area contributed by atoms with Gasteiger partial charge in [-0.25, -0.2) is 14.6 Å². The Morgan fingerprint density at radius 3 is 2.60 bits per heavy atom. The third-order valence-electron chi connectivity index (χ3n) is 2.56. The molecule has 0 bridgehead atoms. The maximum atomic E-state index is 11.9. The number of carbonyl (C=O) groups excluding carboxylic acids is 2. The van der Waals surface area contributed by atoms with Gasteiger partial charge in [0.1, 0.15) is 17.1 Å². The molecule has 0 aromatic carbocycles. The zero-order valence-corrected chi connectivity index (χ0v) is 12.1. The van der Waals surface area contributed by atoms with Crippen LogP contribution in [0.25, 0.3) is 0 Å². The van der Waals surface area contributed by atoms with E-state index in [0.717, 1.165) is 0 Å². The Hall–Kier alpha value is -2.05. The van der Waals surface area contributed by atoms with Crippen LogP contribution < -0.4 is 0 Å². The zero-order chi connectivity index (χ0) is 14.9. The van der Waals surface area contributed by atoms with Gasteiger partial charge in [0, 0.05) is 0 Å². The maximum Gasteiger partial charge on any atom is 0.411 e. The Labute approximate surface area is 116 Å². The number of amides is 1. The van der Waals surface area contributed by atoms with Crippen LogP contribution in [-0.4, -0.2) is 34.2 Å². The minimum Gasteiger partial charge on any atom is -0.459 e. The molecule has 0 atom stereocenters. The van der Waals surface area contributed by atoms with Gasteiger partial charge < -0.3 is 13.9 Å². The molecule has 1 aromatic heterocycles. The van der Waals surface area contributed by atoms with E-state index in [1.54, 1.807) is 27.7 Å². The van der Waals surface area contributed by atoms with Gasteiger partial charge >= 0.3 is 18.0 Å². The number of esters is 1. The van der Waals surface area contributed by atoms with Crippen molar-refractivity contribution in [2.24, 2.45) is 0 Å². The van der Waals surface area contributed by atoms with Crippen molar-refractivity contribution >= 4 is 12.1 Å². The molecule has 0 spiro atoms. The summed E-state index contributed by atoms with van der Waals surface area (Å²) in [6.07, 6.45) is -0.427. The Bertz CT molecular complexity index is 506. The molecule has 1 aliphatic rings. The SMILES string of the molecule is CCOC(=O)c1nc2c(o1)CN(C(=O)OC(C)(C)C)C2. The fraction of sp³-hybridized carbons (Fsp3) is 0.615. The molecule has 0 saturated carbocycles. The van der Waals surface area contributed by atoms with E-state index in [0.29, 0.717) is 11.5 Å². The summed E-state index contributed by atoms with van der Waals surface area (Å²) in [5.74, 6) is -0.162. The highest BCUT2D eigenvalue weighted by molar-refractivity contribution is 5.84. The second kappa shape index (κ2) is 5.15. The summed E-state index contributed by atoms with van der Waals surface area (Å²) in [4.78, 5) is 28.9. The van der Waals surface area contributed by atoms with Gasteiger partial charge in [-0.15, -0.1) is 0 Å². The van der Waals surface area contributed by atoms with Crippen LogP contribution in [0.2, 0.25) is 0 Å². The van der Waals surface area contributed by atoms with Crippen LogP contribution >= 0.6 is 0 Å². The van der Waals surface area contributed by atoms with E-state index in [4.69, 9.17) is 13.9 Å². The number of ether oxygens (including phenoxy) is 2. The van der Waals surface area contributed by atoms with Crippen molar-refractivity contribution in [3.05, 3.63) is 17.3 Å². The van der Waals surface area contributed by atoms with Crippen molar-refractivity contribution in [2.75, 3.05) is 6.61 Å². The first kappa shape index (κ1) is 14.4. The number of hydrogen-bond donors (Lipinski definition) is 0. The monoisotopic (exact) mass is 282 g/mol. The minimum absolute atomic E-state index is 0.0688. The van der Waals surface area contributed by atoms with Crippen molar-refractivity contribution in [3.63, 3.8) is 0 Å². The highest BCUT2D eigenvalue weighted by Gasteiger charge is 2.33. The number of hydrogen-bond acceptors (Lipinski definition) is 6. The van der Waals surface area contributed by atoms with Crippen molar-refractivity contribution in [1.82, 2.24) is 9.88 Å². The normalized spacial score (nSPS) is 14.1. The number of fused-ring (bicyclic) bond motifs is 1. The van der Waals surface area contributed by atoms with Gasteiger partial charge in [-0.1, -0.05) is 0 Å². The van der Waals surface area contributed by atoms with Gasteiger partial charge in [0.05, 0.1) is 19.7 Å². The molecule has 0 aliphatic carbocycles. The predicted octanol–water partition coefficient (Wildman–Crippen LogP) is 2.10. The van der Waals surface area contributed by atoms with Crippen LogP contribution in [0, 0.1) is 0 Å². The standard InChI is InChI=1S/C13H18N2O5/c1-5-18-11(16)10-14-8-6-15(7-9(8)19-10)12(17)20-13(2,3)4/h5-7H2,1-4H3. The summed E-state index contributed by atoms with van der Waals surface area (Å²) in [6, 6.07) is 0. The number of oxazole rings is 1. The molecule has 1 amide bonds. The lowest BCUT2D eigenvalue weighted by Crippen LogP contribution is -2.33. The van der Waals surface area contributed by atoms with Gasteiger partial charge in [0.25, 0.3) is 0 Å². The smallest absolute Gasteiger partial charge is 0.411 e. The fourth-order valence-corrected chi connectivity index (χ4v) is 1.78. The van der Waals surface area contributed by atoms with Crippen LogP contribution in [-0.2, 0) is 22.6 Å². The van der Waals surface area contributed by atoms with E-state index in [1.165, 1.54) is 4.90 Å². The van der Waals surface area contributed by atoms with Gasteiger partial charge in [-0.2, -0.15) is 0 Å². The second-order valence-corrected chi connectivity index (χ2v) is 5.45. The van der Waals surface area contributed by atoms with E-state index in [2.05, 4.69) is 4.98 Å². The van der Waals surface area contributed by atoms with E-state index in [1.807, 2.05) is 0 Å². The van der Waals surface area contributed by atoms with E-state index in [9.17, 15) is 9.59 Å². The Morgan fingerprint density at radius 2 is 2.05 bits per heavy atom. The van der Waals surface area contributed by atoms with Crippen molar-refractivity contribution in [2.45, 2.75) is 46.4 Å². The minimum atomic E-state index is -0.592. The molecule has 20 heavy (non-hydrogen) atoms. The highest BCUT2D eigenvalue weighted by atomic mass is 16.6. The lowest BCUT2D eigenvalue weighted by atomic mass is 10.2. The van der Waals surface area contributed by atoms with Crippen LogP contribution in [0.1, 0.15) is 49.8 Å². The van der Waals surface area contributed by atoms with Crippen LogP contribution in [0.4, 0.5) is 4.79 Å². The predicted molar refractivity (Wildman–Crippen MR) is 67.9 cm³/mol. The third-order valence-corrected chi connectivity index (χ3v) is 2.56. The van der Waals surface area contributed by atoms with Crippen molar-refractivity contribution in [1.29, 1.82) is 0 Å². The van der Waals surface area contributed by atoms with Gasteiger partial charge in [-0.3, -0.25) is 4.90 Å². The summed E-state index contributed by atoms with van der Waals surface area (Å²) in [5.41, 5.74) is 0.0172. The Balaban J connectivity index is 2.01.